The Morgan fingerprint density at radius 1 is 1.06 bits per heavy atom. The van der Waals surface area contributed by atoms with Crippen LogP contribution in [0.1, 0.15) is 28.3 Å². The summed E-state index contributed by atoms with van der Waals surface area (Å²) in [5, 5.41) is 11.0. The Labute approximate surface area is 206 Å². The number of benzene rings is 3. The van der Waals surface area contributed by atoms with Crippen molar-refractivity contribution in [1.82, 2.24) is 5.06 Å². The number of carboxylic acids is 1. The van der Waals surface area contributed by atoms with Gasteiger partial charge in [-0.2, -0.15) is 0 Å². The topological polar surface area (TPSA) is 85.3 Å². The average Bonchev–Trinajstić information content (AvgIpc) is 2.84. The van der Waals surface area contributed by atoms with E-state index in [0.717, 1.165) is 16.7 Å². The Morgan fingerprint density at radius 3 is 2.63 bits per heavy atom. The summed E-state index contributed by atoms with van der Waals surface area (Å²) in [6.07, 6.45) is 0.0871. The lowest BCUT2D eigenvalue weighted by Crippen LogP contribution is -2.38. The SMILES string of the molecule is O=C(O)COc1ccc(F)cc1C1c2ccccc2CCN1OC(=O)OCCc1ccccc1Cl. The van der Waals surface area contributed by atoms with Gasteiger partial charge in [0.1, 0.15) is 17.6 Å². The van der Waals surface area contributed by atoms with E-state index in [4.69, 9.17) is 31.0 Å². The number of hydrogen-bond donors (Lipinski definition) is 1. The first-order valence-electron chi connectivity index (χ1n) is 11.0. The van der Waals surface area contributed by atoms with E-state index in [0.29, 0.717) is 30.0 Å². The molecule has 35 heavy (non-hydrogen) atoms. The summed E-state index contributed by atoms with van der Waals surface area (Å²) >= 11 is 6.14. The van der Waals surface area contributed by atoms with Gasteiger partial charge in [-0.05, 0) is 47.4 Å². The van der Waals surface area contributed by atoms with E-state index < -0.39 is 30.6 Å². The van der Waals surface area contributed by atoms with Crippen molar-refractivity contribution >= 4 is 23.7 Å². The Balaban J connectivity index is 1.55. The van der Waals surface area contributed by atoms with Crippen LogP contribution in [0.4, 0.5) is 9.18 Å². The second-order valence-electron chi connectivity index (χ2n) is 7.89. The number of ether oxygens (including phenoxy) is 2. The van der Waals surface area contributed by atoms with E-state index in [9.17, 15) is 14.0 Å². The van der Waals surface area contributed by atoms with Crippen LogP contribution in [0.2, 0.25) is 5.02 Å². The fourth-order valence-corrected chi connectivity index (χ4v) is 4.27. The molecule has 1 N–H and O–H groups in total. The van der Waals surface area contributed by atoms with E-state index in [1.54, 1.807) is 6.07 Å². The van der Waals surface area contributed by atoms with Gasteiger partial charge >= 0.3 is 12.1 Å². The summed E-state index contributed by atoms with van der Waals surface area (Å²) in [5.74, 6) is -1.52. The summed E-state index contributed by atoms with van der Waals surface area (Å²) in [4.78, 5) is 29.1. The Kier molecular flexibility index (Phi) is 7.84. The van der Waals surface area contributed by atoms with Gasteiger partial charge < -0.3 is 19.4 Å². The van der Waals surface area contributed by atoms with Gasteiger partial charge in [-0.1, -0.05) is 54.1 Å². The molecule has 0 amide bonds. The summed E-state index contributed by atoms with van der Waals surface area (Å²) in [6, 6.07) is 17.9. The monoisotopic (exact) mass is 499 g/mol. The molecule has 0 bridgehead atoms. The van der Waals surface area contributed by atoms with Crippen molar-refractivity contribution in [3.05, 3.63) is 99.8 Å². The highest BCUT2D eigenvalue weighted by atomic mass is 35.5. The fraction of sp³-hybridized carbons (Fsp3) is 0.231. The second-order valence-corrected chi connectivity index (χ2v) is 8.29. The molecule has 1 aliphatic rings. The molecule has 3 aromatic rings. The smallest absolute Gasteiger partial charge is 0.482 e. The first-order valence-corrected chi connectivity index (χ1v) is 11.4. The Bertz CT molecular complexity index is 1220. The minimum atomic E-state index is -1.17. The van der Waals surface area contributed by atoms with Crippen LogP contribution in [0.3, 0.4) is 0 Å². The van der Waals surface area contributed by atoms with Crippen molar-refractivity contribution < 1.29 is 33.4 Å². The van der Waals surface area contributed by atoms with Crippen LogP contribution in [0.25, 0.3) is 0 Å². The van der Waals surface area contributed by atoms with E-state index >= 15 is 0 Å². The third-order valence-electron chi connectivity index (χ3n) is 5.60. The first-order chi connectivity index (χ1) is 16.9. The zero-order valence-corrected chi connectivity index (χ0v) is 19.4. The van der Waals surface area contributed by atoms with Crippen molar-refractivity contribution in [3.8, 4) is 5.75 Å². The standard InChI is InChI=1S/C26H23ClFNO6/c27-22-8-4-2-6-18(22)12-14-33-26(32)35-29-13-11-17-5-1-3-7-20(17)25(29)21-15-19(28)9-10-23(21)34-16-24(30)31/h1-10,15,25H,11-14,16H2,(H,30,31). The van der Waals surface area contributed by atoms with Crippen LogP contribution in [0.5, 0.6) is 5.75 Å². The molecular weight excluding hydrogens is 477 g/mol. The van der Waals surface area contributed by atoms with Gasteiger partial charge in [0.25, 0.3) is 0 Å². The van der Waals surface area contributed by atoms with E-state index in [1.807, 2.05) is 42.5 Å². The van der Waals surface area contributed by atoms with Crippen molar-refractivity contribution in [2.75, 3.05) is 19.8 Å². The number of fused-ring (bicyclic) bond motifs is 1. The number of carboxylic acid groups (broad SMARTS) is 1. The van der Waals surface area contributed by atoms with Gasteiger partial charge in [0.05, 0.1) is 6.61 Å². The van der Waals surface area contributed by atoms with Crippen LogP contribution in [-0.4, -0.2) is 42.1 Å². The molecule has 1 atom stereocenters. The zero-order valence-electron chi connectivity index (χ0n) is 18.7. The van der Waals surface area contributed by atoms with Gasteiger partial charge in [0.2, 0.25) is 0 Å². The van der Waals surface area contributed by atoms with Crippen molar-refractivity contribution in [3.63, 3.8) is 0 Å². The molecule has 0 aliphatic carbocycles. The third kappa shape index (κ3) is 6.09. The van der Waals surface area contributed by atoms with Gasteiger partial charge in [-0.3, -0.25) is 0 Å². The maximum absolute atomic E-state index is 14.3. The van der Waals surface area contributed by atoms with E-state index in [1.165, 1.54) is 23.3 Å². The summed E-state index contributed by atoms with van der Waals surface area (Å²) in [6.45, 7) is -0.223. The predicted molar refractivity (Wildman–Crippen MR) is 126 cm³/mol. The molecule has 0 saturated carbocycles. The molecule has 182 valence electrons. The molecule has 0 aromatic heterocycles. The Morgan fingerprint density at radius 2 is 1.83 bits per heavy atom. The molecule has 9 heteroatoms. The largest absolute Gasteiger partial charge is 0.527 e. The number of halogens is 2. The number of hydrogen-bond acceptors (Lipinski definition) is 6. The maximum atomic E-state index is 14.3. The highest BCUT2D eigenvalue weighted by Crippen LogP contribution is 2.40. The van der Waals surface area contributed by atoms with Crippen molar-refractivity contribution in [2.45, 2.75) is 18.9 Å². The van der Waals surface area contributed by atoms with E-state index in [-0.39, 0.29) is 12.4 Å². The van der Waals surface area contributed by atoms with Crippen LogP contribution >= 0.6 is 11.6 Å². The number of aliphatic carboxylic acids is 1. The normalized spacial score (nSPS) is 15.2. The molecule has 0 radical (unpaired) electrons. The molecule has 1 heterocycles. The zero-order chi connectivity index (χ0) is 24.8. The average molecular weight is 500 g/mol. The van der Waals surface area contributed by atoms with E-state index in [2.05, 4.69) is 0 Å². The van der Waals surface area contributed by atoms with Gasteiger partial charge in [-0.15, -0.1) is 5.06 Å². The van der Waals surface area contributed by atoms with Crippen LogP contribution in [0.15, 0.2) is 66.7 Å². The van der Waals surface area contributed by atoms with Crippen LogP contribution < -0.4 is 4.74 Å². The van der Waals surface area contributed by atoms with Crippen LogP contribution in [0, 0.1) is 5.82 Å². The fourth-order valence-electron chi connectivity index (χ4n) is 4.04. The van der Waals surface area contributed by atoms with Crippen molar-refractivity contribution in [1.29, 1.82) is 0 Å². The minimum Gasteiger partial charge on any atom is -0.482 e. The number of rotatable bonds is 8. The lowest BCUT2D eigenvalue weighted by atomic mass is 9.89. The molecule has 0 spiro atoms. The molecule has 0 saturated heterocycles. The number of carbonyl (C=O) groups is 2. The quantitative estimate of drug-likeness (QED) is 0.426. The van der Waals surface area contributed by atoms with Crippen LogP contribution in [-0.2, 0) is 27.2 Å². The third-order valence-corrected chi connectivity index (χ3v) is 5.97. The minimum absolute atomic E-state index is 0.0601. The molecule has 0 fully saturated rings. The first kappa shape index (κ1) is 24.5. The molecule has 7 nitrogen and oxygen atoms in total. The van der Waals surface area contributed by atoms with Gasteiger partial charge in [-0.25, -0.2) is 14.0 Å². The lowest BCUT2D eigenvalue weighted by molar-refractivity contribution is -0.151. The summed E-state index contributed by atoms with van der Waals surface area (Å²) in [5.41, 5.74) is 2.96. The maximum Gasteiger partial charge on any atom is 0.527 e. The lowest BCUT2D eigenvalue weighted by Gasteiger charge is -2.36. The Hall–Kier alpha value is -3.62. The van der Waals surface area contributed by atoms with Gasteiger partial charge in [0, 0.05) is 23.6 Å². The number of carbonyl (C=O) groups excluding carboxylic acids is 1. The highest BCUT2D eigenvalue weighted by molar-refractivity contribution is 6.31. The molecule has 4 rings (SSSR count). The molecule has 1 aliphatic heterocycles. The predicted octanol–water partition coefficient (Wildman–Crippen LogP) is 5.20. The molecule has 3 aromatic carbocycles. The number of hydroxylamine groups is 2. The molecule has 1 unspecified atom stereocenters. The van der Waals surface area contributed by atoms with Crippen molar-refractivity contribution in [2.24, 2.45) is 0 Å². The summed E-state index contributed by atoms with van der Waals surface area (Å²) in [7, 11) is 0. The van der Waals surface area contributed by atoms with Gasteiger partial charge in [0.15, 0.2) is 6.61 Å². The summed E-state index contributed by atoms with van der Waals surface area (Å²) < 4.78 is 25.0. The second kappa shape index (κ2) is 11.2. The highest BCUT2D eigenvalue weighted by Gasteiger charge is 2.34. The number of nitrogens with zero attached hydrogens (tertiary/aromatic N) is 1. The molecular formula is C26H23ClFNO6.